The van der Waals surface area contributed by atoms with Gasteiger partial charge in [0, 0.05) is 17.1 Å². The molecule has 0 aliphatic rings. The van der Waals surface area contributed by atoms with Crippen molar-refractivity contribution in [3.63, 3.8) is 0 Å². The number of hydrogen-bond acceptors (Lipinski definition) is 5. The summed E-state index contributed by atoms with van der Waals surface area (Å²) in [6.07, 6.45) is 4.39. The Morgan fingerprint density at radius 3 is 2.62 bits per heavy atom. The van der Waals surface area contributed by atoms with E-state index >= 15 is 0 Å². The van der Waals surface area contributed by atoms with Gasteiger partial charge in [0.05, 0.1) is 29.3 Å². The molecule has 0 bridgehead atoms. The Hall–Kier alpha value is -3.41. The van der Waals surface area contributed by atoms with Gasteiger partial charge in [0.25, 0.3) is 0 Å². The van der Waals surface area contributed by atoms with Crippen molar-refractivity contribution in [1.29, 1.82) is 0 Å². The molecule has 0 spiro atoms. The first-order chi connectivity index (χ1) is 11.7. The normalized spacial score (nSPS) is 10.9. The molecule has 0 aliphatic heterocycles. The van der Waals surface area contributed by atoms with Crippen LogP contribution in [0.2, 0.25) is 0 Å². The highest BCUT2D eigenvalue weighted by Crippen LogP contribution is 2.30. The van der Waals surface area contributed by atoms with Crippen LogP contribution in [-0.2, 0) is 0 Å². The molecule has 0 atom stereocenters. The molecule has 0 fully saturated rings. The summed E-state index contributed by atoms with van der Waals surface area (Å²) in [6.45, 7) is 0. The third-order valence-electron chi connectivity index (χ3n) is 3.64. The molecule has 4 aromatic rings. The van der Waals surface area contributed by atoms with Crippen molar-refractivity contribution < 1.29 is 4.39 Å². The number of pyridine rings is 2. The molecule has 0 radical (unpaired) electrons. The average molecular weight is 317 g/mol. The van der Waals surface area contributed by atoms with Gasteiger partial charge in [0.1, 0.15) is 17.3 Å². The summed E-state index contributed by atoms with van der Waals surface area (Å²) >= 11 is 0. The number of halogens is 1. The van der Waals surface area contributed by atoms with E-state index in [2.05, 4.69) is 19.9 Å². The fourth-order valence-electron chi connectivity index (χ4n) is 2.53. The minimum Gasteiger partial charge on any atom is -0.382 e. The molecule has 4 rings (SSSR count). The van der Waals surface area contributed by atoms with Crippen molar-refractivity contribution in [3.8, 4) is 22.6 Å². The van der Waals surface area contributed by atoms with Crippen LogP contribution in [0.25, 0.3) is 33.5 Å². The fraction of sp³-hybridized carbons (Fsp3) is 0. The second-order valence-electron chi connectivity index (χ2n) is 5.26. The topological polar surface area (TPSA) is 77.6 Å². The Kier molecular flexibility index (Phi) is 3.35. The van der Waals surface area contributed by atoms with Crippen LogP contribution >= 0.6 is 0 Å². The first-order valence-corrected chi connectivity index (χ1v) is 7.30. The standard InChI is InChI=1S/C18H12FN5/c19-13-4-6-15(22-9-13)18-17(23-10-16(20)24-18)12-3-5-14-11(8-12)2-1-7-21-14/h1-10H,(H2,20,24). The zero-order chi connectivity index (χ0) is 16.5. The van der Waals surface area contributed by atoms with Crippen molar-refractivity contribution in [2.75, 3.05) is 5.73 Å². The van der Waals surface area contributed by atoms with Gasteiger partial charge in [-0.15, -0.1) is 0 Å². The first kappa shape index (κ1) is 14.2. The fourth-order valence-corrected chi connectivity index (χ4v) is 2.53. The van der Waals surface area contributed by atoms with Crippen molar-refractivity contribution in [1.82, 2.24) is 19.9 Å². The maximum absolute atomic E-state index is 13.1. The number of hydrogen-bond donors (Lipinski definition) is 1. The van der Waals surface area contributed by atoms with Crippen LogP contribution in [0.3, 0.4) is 0 Å². The molecule has 0 saturated heterocycles. The average Bonchev–Trinajstić information content (AvgIpc) is 2.62. The molecule has 0 unspecified atom stereocenters. The van der Waals surface area contributed by atoms with E-state index in [1.165, 1.54) is 12.3 Å². The van der Waals surface area contributed by atoms with Gasteiger partial charge >= 0.3 is 0 Å². The highest BCUT2D eigenvalue weighted by molar-refractivity contribution is 5.86. The summed E-state index contributed by atoms with van der Waals surface area (Å²) in [5.41, 5.74) is 9.19. The first-order valence-electron chi connectivity index (χ1n) is 7.30. The van der Waals surface area contributed by atoms with Crippen LogP contribution in [0.1, 0.15) is 0 Å². The van der Waals surface area contributed by atoms with E-state index in [0.29, 0.717) is 17.1 Å². The van der Waals surface area contributed by atoms with E-state index in [9.17, 15) is 4.39 Å². The van der Waals surface area contributed by atoms with Crippen LogP contribution < -0.4 is 5.73 Å². The lowest BCUT2D eigenvalue weighted by molar-refractivity contribution is 0.622. The van der Waals surface area contributed by atoms with Crippen molar-refractivity contribution in [2.24, 2.45) is 0 Å². The van der Waals surface area contributed by atoms with Gasteiger partial charge in [-0.05, 0) is 30.3 Å². The molecular weight excluding hydrogens is 305 g/mol. The van der Waals surface area contributed by atoms with Gasteiger partial charge in [-0.1, -0.05) is 12.1 Å². The van der Waals surface area contributed by atoms with Crippen LogP contribution in [0.15, 0.2) is 61.1 Å². The second-order valence-corrected chi connectivity index (χ2v) is 5.26. The highest BCUT2D eigenvalue weighted by Gasteiger charge is 2.13. The molecule has 0 aliphatic carbocycles. The Morgan fingerprint density at radius 2 is 1.79 bits per heavy atom. The van der Waals surface area contributed by atoms with E-state index in [4.69, 9.17) is 5.73 Å². The molecule has 24 heavy (non-hydrogen) atoms. The van der Waals surface area contributed by atoms with Gasteiger partial charge in [-0.3, -0.25) is 15.0 Å². The van der Waals surface area contributed by atoms with E-state index in [1.54, 1.807) is 12.3 Å². The Balaban J connectivity index is 1.92. The number of nitrogen functional groups attached to an aromatic ring is 1. The molecule has 0 saturated carbocycles. The van der Waals surface area contributed by atoms with Crippen LogP contribution in [0.4, 0.5) is 10.2 Å². The van der Waals surface area contributed by atoms with Crippen LogP contribution in [-0.4, -0.2) is 19.9 Å². The van der Waals surface area contributed by atoms with Gasteiger partial charge < -0.3 is 5.73 Å². The molecule has 1 aromatic carbocycles. The number of rotatable bonds is 2. The minimum absolute atomic E-state index is 0.280. The second kappa shape index (κ2) is 5.66. The van der Waals surface area contributed by atoms with Crippen LogP contribution in [0.5, 0.6) is 0 Å². The van der Waals surface area contributed by atoms with Gasteiger partial charge in [0.15, 0.2) is 0 Å². The predicted molar refractivity (Wildman–Crippen MR) is 90.4 cm³/mol. The highest BCUT2D eigenvalue weighted by atomic mass is 19.1. The van der Waals surface area contributed by atoms with Gasteiger partial charge in [0.2, 0.25) is 0 Å². The van der Waals surface area contributed by atoms with Crippen LogP contribution in [0, 0.1) is 5.82 Å². The number of fused-ring (bicyclic) bond motifs is 1. The summed E-state index contributed by atoms with van der Waals surface area (Å²) in [5, 5.41) is 0.992. The summed E-state index contributed by atoms with van der Waals surface area (Å²) in [6, 6.07) is 12.6. The van der Waals surface area contributed by atoms with E-state index in [0.717, 1.165) is 22.7 Å². The van der Waals surface area contributed by atoms with Crippen molar-refractivity contribution in [3.05, 3.63) is 66.9 Å². The van der Waals surface area contributed by atoms with Crippen molar-refractivity contribution in [2.45, 2.75) is 0 Å². The number of nitrogens with two attached hydrogens (primary N) is 1. The molecule has 3 heterocycles. The maximum atomic E-state index is 13.1. The lowest BCUT2D eigenvalue weighted by Gasteiger charge is -2.09. The summed E-state index contributed by atoms with van der Waals surface area (Å²) in [4.78, 5) is 17.2. The lowest BCUT2D eigenvalue weighted by atomic mass is 10.0. The number of benzene rings is 1. The number of aromatic nitrogens is 4. The summed E-state index contributed by atoms with van der Waals surface area (Å²) in [5.74, 6) is -0.128. The van der Waals surface area contributed by atoms with E-state index in [1.807, 2.05) is 30.3 Å². The third-order valence-corrected chi connectivity index (χ3v) is 3.64. The maximum Gasteiger partial charge on any atom is 0.142 e. The van der Waals surface area contributed by atoms with Gasteiger partial charge in [-0.25, -0.2) is 9.37 Å². The SMILES string of the molecule is Nc1cnc(-c2ccc3ncccc3c2)c(-c2ccc(F)cn2)n1. The van der Waals surface area contributed by atoms with Crippen molar-refractivity contribution >= 4 is 16.7 Å². The third kappa shape index (κ3) is 2.54. The van der Waals surface area contributed by atoms with E-state index < -0.39 is 5.82 Å². The molecule has 5 nitrogen and oxygen atoms in total. The zero-order valence-corrected chi connectivity index (χ0v) is 12.5. The summed E-state index contributed by atoms with van der Waals surface area (Å²) < 4.78 is 13.1. The molecular formula is C18H12FN5. The molecule has 2 N–H and O–H groups in total. The Bertz CT molecular complexity index is 1030. The zero-order valence-electron chi connectivity index (χ0n) is 12.5. The smallest absolute Gasteiger partial charge is 0.142 e. The number of nitrogens with zero attached hydrogens (tertiary/aromatic N) is 4. The molecule has 116 valence electrons. The largest absolute Gasteiger partial charge is 0.382 e. The monoisotopic (exact) mass is 317 g/mol. The van der Waals surface area contributed by atoms with E-state index in [-0.39, 0.29) is 5.82 Å². The Morgan fingerprint density at radius 1 is 0.875 bits per heavy atom. The molecule has 6 heteroatoms. The Labute approximate surface area is 137 Å². The minimum atomic E-state index is -0.408. The summed E-state index contributed by atoms with van der Waals surface area (Å²) in [7, 11) is 0. The predicted octanol–water partition coefficient (Wildman–Crippen LogP) is 3.48. The number of anilines is 1. The lowest BCUT2D eigenvalue weighted by Crippen LogP contribution is -1.99. The van der Waals surface area contributed by atoms with Gasteiger partial charge in [-0.2, -0.15) is 0 Å². The molecule has 0 amide bonds. The quantitative estimate of drug-likeness (QED) is 0.612. The molecule has 3 aromatic heterocycles.